The average Bonchev–Trinajstić information content (AvgIpc) is 2.17. The molecule has 2 nitrogen and oxygen atoms in total. The van der Waals surface area contributed by atoms with Crippen LogP contribution in [-0.2, 0) is 0 Å². The number of thioether (sulfide) groups is 1. The van der Waals surface area contributed by atoms with E-state index < -0.39 is 0 Å². The number of benzene rings is 1. The van der Waals surface area contributed by atoms with E-state index in [-0.39, 0.29) is 6.10 Å². The van der Waals surface area contributed by atoms with Crippen LogP contribution in [0.4, 0.5) is 0 Å². The highest BCUT2D eigenvalue weighted by Crippen LogP contribution is 2.28. The predicted octanol–water partition coefficient (Wildman–Crippen LogP) is 2.71. The molecule has 0 amide bonds. The molecule has 0 aromatic heterocycles. The molecule has 0 aliphatic heterocycles. The van der Waals surface area contributed by atoms with E-state index in [1.807, 2.05) is 32.2 Å². The molecule has 0 saturated carbocycles. The molecule has 0 spiro atoms. The van der Waals surface area contributed by atoms with Crippen LogP contribution in [0, 0.1) is 13.8 Å². The molecule has 0 heterocycles. The van der Waals surface area contributed by atoms with Crippen LogP contribution >= 0.6 is 11.8 Å². The molecule has 1 unspecified atom stereocenters. The van der Waals surface area contributed by atoms with Crippen molar-refractivity contribution in [2.24, 2.45) is 0 Å². The van der Waals surface area contributed by atoms with Gasteiger partial charge in [-0.05, 0) is 48.9 Å². The number of hydrogen-bond donors (Lipinski definition) is 1. The topological polar surface area (TPSA) is 29.5 Å². The predicted molar refractivity (Wildman–Crippen MR) is 65.8 cm³/mol. The zero-order valence-corrected chi connectivity index (χ0v) is 10.5. The molecule has 1 rings (SSSR count). The van der Waals surface area contributed by atoms with E-state index in [0.717, 1.165) is 28.2 Å². The van der Waals surface area contributed by atoms with Crippen LogP contribution in [0.2, 0.25) is 0 Å². The highest BCUT2D eigenvalue weighted by atomic mass is 32.2. The van der Waals surface area contributed by atoms with Crippen molar-refractivity contribution in [1.82, 2.24) is 0 Å². The van der Waals surface area contributed by atoms with Crippen LogP contribution in [0.5, 0.6) is 5.75 Å². The molecule has 1 aromatic rings. The molecule has 0 aliphatic rings. The highest BCUT2D eigenvalue weighted by Gasteiger charge is 2.11. The summed E-state index contributed by atoms with van der Waals surface area (Å²) in [7, 11) is 1.67. The minimum Gasteiger partial charge on any atom is -0.496 e. The Labute approximate surface area is 95.7 Å². The fraction of sp³-hybridized carbons (Fsp3) is 0.500. The van der Waals surface area contributed by atoms with Crippen molar-refractivity contribution >= 4 is 11.8 Å². The van der Waals surface area contributed by atoms with Crippen LogP contribution in [0.25, 0.3) is 0 Å². The third-order valence-electron chi connectivity index (χ3n) is 2.40. The number of hydrogen-bond acceptors (Lipinski definition) is 3. The summed E-state index contributed by atoms with van der Waals surface area (Å²) in [6, 6.07) is 3.99. The molecule has 15 heavy (non-hydrogen) atoms. The summed E-state index contributed by atoms with van der Waals surface area (Å²) < 4.78 is 5.28. The molecule has 0 aliphatic carbocycles. The molecule has 0 radical (unpaired) electrons. The lowest BCUT2D eigenvalue weighted by Crippen LogP contribution is -2.02. The third-order valence-corrected chi connectivity index (χ3v) is 3.05. The Morgan fingerprint density at radius 1 is 1.33 bits per heavy atom. The maximum absolute atomic E-state index is 9.87. The molecule has 1 atom stereocenters. The fourth-order valence-electron chi connectivity index (χ4n) is 1.75. The minimum absolute atomic E-state index is 0.386. The number of aliphatic hydroxyl groups is 1. The maximum Gasteiger partial charge on any atom is 0.124 e. The maximum atomic E-state index is 9.87. The van der Waals surface area contributed by atoms with Gasteiger partial charge in [0.25, 0.3) is 0 Å². The molecule has 0 bridgehead atoms. The van der Waals surface area contributed by atoms with Crippen molar-refractivity contribution in [1.29, 1.82) is 0 Å². The van der Waals surface area contributed by atoms with Gasteiger partial charge in [0.1, 0.15) is 5.75 Å². The van der Waals surface area contributed by atoms with Crippen molar-refractivity contribution in [3.8, 4) is 5.75 Å². The van der Waals surface area contributed by atoms with Gasteiger partial charge in [-0.15, -0.1) is 0 Å². The van der Waals surface area contributed by atoms with Crippen molar-refractivity contribution in [2.75, 3.05) is 19.1 Å². The Morgan fingerprint density at radius 2 is 1.87 bits per heavy atom. The lowest BCUT2D eigenvalue weighted by molar-refractivity contribution is 0.204. The van der Waals surface area contributed by atoms with Gasteiger partial charge in [-0.1, -0.05) is 0 Å². The van der Waals surface area contributed by atoms with Gasteiger partial charge in [0.2, 0.25) is 0 Å². The van der Waals surface area contributed by atoms with E-state index in [2.05, 4.69) is 0 Å². The van der Waals surface area contributed by atoms with Crippen LogP contribution in [0.3, 0.4) is 0 Å². The number of aliphatic hydroxyl groups excluding tert-OH is 1. The lowest BCUT2D eigenvalue weighted by Gasteiger charge is -2.14. The van der Waals surface area contributed by atoms with E-state index >= 15 is 0 Å². The van der Waals surface area contributed by atoms with Gasteiger partial charge in [0, 0.05) is 5.75 Å². The van der Waals surface area contributed by atoms with Crippen LogP contribution < -0.4 is 4.74 Å². The van der Waals surface area contributed by atoms with Crippen LogP contribution in [0.15, 0.2) is 12.1 Å². The quantitative estimate of drug-likeness (QED) is 0.856. The van der Waals surface area contributed by atoms with Crippen molar-refractivity contribution in [2.45, 2.75) is 20.0 Å². The van der Waals surface area contributed by atoms with E-state index in [4.69, 9.17) is 4.74 Å². The zero-order chi connectivity index (χ0) is 11.4. The molecular weight excluding hydrogens is 208 g/mol. The van der Waals surface area contributed by atoms with Crippen molar-refractivity contribution in [3.63, 3.8) is 0 Å². The monoisotopic (exact) mass is 226 g/mol. The molecule has 1 aromatic carbocycles. The Kier molecular flexibility index (Phi) is 4.48. The number of ether oxygens (including phenoxy) is 1. The Bertz CT molecular complexity index is 313. The Morgan fingerprint density at radius 3 is 2.27 bits per heavy atom. The lowest BCUT2D eigenvalue weighted by atomic mass is 10.0. The van der Waals surface area contributed by atoms with Gasteiger partial charge >= 0.3 is 0 Å². The van der Waals surface area contributed by atoms with E-state index in [1.165, 1.54) is 0 Å². The molecule has 0 fully saturated rings. The summed E-state index contributed by atoms with van der Waals surface area (Å²) in [4.78, 5) is 0. The Balaban J connectivity index is 3.02. The van der Waals surface area contributed by atoms with E-state index in [0.29, 0.717) is 0 Å². The van der Waals surface area contributed by atoms with Gasteiger partial charge in [-0.25, -0.2) is 0 Å². The molecule has 84 valence electrons. The normalized spacial score (nSPS) is 12.6. The number of rotatable bonds is 4. The molecular formula is C12H18O2S. The SMILES string of the molecule is COc1c(C)cc(C(O)CSC)cc1C. The van der Waals surface area contributed by atoms with Gasteiger partial charge in [0.15, 0.2) is 0 Å². The third kappa shape index (κ3) is 2.89. The highest BCUT2D eigenvalue weighted by molar-refractivity contribution is 7.98. The first kappa shape index (κ1) is 12.4. The molecule has 3 heteroatoms. The van der Waals surface area contributed by atoms with Gasteiger partial charge in [-0.2, -0.15) is 11.8 Å². The van der Waals surface area contributed by atoms with Crippen LogP contribution in [-0.4, -0.2) is 24.2 Å². The standard InChI is InChI=1S/C12H18O2S/c1-8-5-10(11(13)7-15-4)6-9(2)12(8)14-3/h5-6,11,13H,7H2,1-4H3. The van der Waals surface area contributed by atoms with E-state index in [9.17, 15) is 5.11 Å². The summed E-state index contributed by atoms with van der Waals surface area (Å²) in [5, 5.41) is 9.87. The zero-order valence-electron chi connectivity index (χ0n) is 9.70. The van der Waals surface area contributed by atoms with Gasteiger partial charge in [-0.3, -0.25) is 0 Å². The summed E-state index contributed by atoms with van der Waals surface area (Å²) in [6.07, 6.45) is 1.61. The second kappa shape index (κ2) is 5.42. The first-order valence-electron chi connectivity index (χ1n) is 4.92. The fourth-order valence-corrected chi connectivity index (χ4v) is 2.26. The number of methoxy groups -OCH3 is 1. The van der Waals surface area contributed by atoms with Crippen molar-refractivity contribution < 1.29 is 9.84 Å². The summed E-state index contributed by atoms with van der Waals surface area (Å²) in [5.74, 6) is 1.64. The van der Waals surface area contributed by atoms with Gasteiger partial charge in [0.05, 0.1) is 13.2 Å². The van der Waals surface area contributed by atoms with Gasteiger partial charge < -0.3 is 9.84 Å². The Hall–Kier alpha value is -0.670. The smallest absolute Gasteiger partial charge is 0.124 e. The largest absolute Gasteiger partial charge is 0.496 e. The minimum atomic E-state index is -0.386. The van der Waals surface area contributed by atoms with Crippen LogP contribution in [0.1, 0.15) is 22.8 Å². The van der Waals surface area contributed by atoms with E-state index in [1.54, 1.807) is 18.9 Å². The summed E-state index contributed by atoms with van der Waals surface area (Å²) in [5.41, 5.74) is 3.13. The molecule has 1 N–H and O–H groups in total. The first-order chi connectivity index (χ1) is 7.10. The number of aryl methyl sites for hydroxylation is 2. The second-order valence-corrected chi connectivity index (χ2v) is 4.57. The van der Waals surface area contributed by atoms with Crippen molar-refractivity contribution in [3.05, 3.63) is 28.8 Å². The summed E-state index contributed by atoms with van der Waals surface area (Å²) >= 11 is 1.64. The average molecular weight is 226 g/mol. The summed E-state index contributed by atoms with van der Waals surface area (Å²) in [6.45, 7) is 4.00. The molecule has 0 saturated heterocycles. The second-order valence-electron chi connectivity index (χ2n) is 3.66. The first-order valence-corrected chi connectivity index (χ1v) is 6.31.